The van der Waals surface area contributed by atoms with E-state index in [2.05, 4.69) is 36.4 Å². The van der Waals surface area contributed by atoms with Gasteiger partial charge in [0.15, 0.2) is 0 Å². The molecular formula is C26H41N3O2. The van der Waals surface area contributed by atoms with E-state index in [-0.39, 0.29) is 5.97 Å². The average Bonchev–Trinajstić information content (AvgIpc) is 3.00. The first-order valence-corrected chi connectivity index (χ1v) is 12.0. The van der Waals surface area contributed by atoms with Crippen LogP contribution in [0.15, 0.2) is 23.2 Å². The molecule has 0 spiro atoms. The number of benzene rings is 1. The molecule has 0 saturated carbocycles. The summed E-state index contributed by atoms with van der Waals surface area (Å²) >= 11 is 0. The molecule has 1 unspecified atom stereocenters. The maximum atomic E-state index is 12.2. The maximum absolute atomic E-state index is 12.2. The van der Waals surface area contributed by atoms with E-state index in [9.17, 15) is 4.79 Å². The molecule has 1 aromatic heterocycles. The van der Waals surface area contributed by atoms with Crippen molar-refractivity contribution in [2.75, 3.05) is 27.7 Å². The van der Waals surface area contributed by atoms with Gasteiger partial charge >= 0.3 is 5.97 Å². The largest absolute Gasteiger partial charge is 0.465 e. The summed E-state index contributed by atoms with van der Waals surface area (Å²) in [6.45, 7) is 10.5. The number of carbonyl (C=O) groups excluding carboxylic acids is 1. The van der Waals surface area contributed by atoms with Gasteiger partial charge in [-0.25, -0.2) is 4.79 Å². The number of rotatable bonds is 7. The Kier molecular flexibility index (Phi) is 9.60. The number of aryl methyl sites for hydroxylation is 1. The van der Waals surface area contributed by atoms with Gasteiger partial charge in [0, 0.05) is 38.1 Å². The molecule has 2 heterocycles. The summed E-state index contributed by atoms with van der Waals surface area (Å²) in [7, 11) is 5.47. The van der Waals surface area contributed by atoms with Gasteiger partial charge in [0.25, 0.3) is 0 Å². The molecule has 0 aliphatic carbocycles. The van der Waals surface area contributed by atoms with Gasteiger partial charge in [-0.05, 0) is 42.9 Å². The number of nitrogens with zero attached hydrogens (tertiary/aromatic N) is 3. The van der Waals surface area contributed by atoms with Gasteiger partial charge in [-0.15, -0.1) is 0 Å². The number of hydrogen-bond donors (Lipinski definition) is 0. The summed E-state index contributed by atoms with van der Waals surface area (Å²) in [5.74, 6) is 1.28. The Morgan fingerprint density at radius 1 is 1.16 bits per heavy atom. The van der Waals surface area contributed by atoms with Gasteiger partial charge in [-0.1, -0.05) is 53.0 Å². The van der Waals surface area contributed by atoms with E-state index in [1.54, 1.807) is 0 Å². The summed E-state index contributed by atoms with van der Waals surface area (Å²) in [4.78, 5) is 19.2. The van der Waals surface area contributed by atoms with E-state index in [4.69, 9.17) is 9.73 Å². The second kappa shape index (κ2) is 11.9. The third-order valence-electron chi connectivity index (χ3n) is 6.14. The van der Waals surface area contributed by atoms with Crippen LogP contribution in [0.4, 0.5) is 0 Å². The van der Waals surface area contributed by atoms with E-state index in [0.717, 1.165) is 37.3 Å². The smallest absolute Gasteiger partial charge is 0.337 e. The van der Waals surface area contributed by atoms with Gasteiger partial charge in [-0.3, -0.25) is 4.99 Å². The zero-order valence-electron chi connectivity index (χ0n) is 20.6. The highest BCUT2D eigenvalue weighted by atomic mass is 16.5. The molecule has 0 N–H and O–H groups in total. The van der Waals surface area contributed by atoms with Crippen molar-refractivity contribution in [3.8, 4) is 0 Å². The molecule has 1 atom stereocenters. The molecule has 0 bridgehead atoms. The first-order chi connectivity index (χ1) is 15.1. The third-order valence-corrected chi connectivity index (χ3v) is 6.14. The first-order valence-electron chi connectivity index (χ1n) is 12.0. The van der Waals surface area contributed by atoms with Gasteiger partial charge in [0.1, 0.15) is 5.84 Å². The minimum Gasteiger partial charge on any atom is -0.465 e. The van der Waals surface area contributed by atoms with Gasteiger partial charge in [0.2, 0.25) is 0 Å². The van der Waals surface area contributed by atoms with Crippen molar-refractivity contribution < 1.29 is 9.53 Å². The fourth-order valence-corrected chi connectivity index (χ4v) is 4.77. The topological polar surface area (TPSA) is 46.8 Å². The Morgan fingerprint density at radius 3 is 2.52 bits per heavy atom. The molecule has 1 aliphatic rings. The standard InChI is InChI=1S/C24H35N3O2.C2H6/c1-6-8-11-17(10-7-2)21-19-13-12-18(24(28)29-5)16-20(19)27-15-9-14-26(4)23(25-3)22(21)27;1-2/h12-13,16-17H,6-11,14-15H2,1-5H3;1-2H3. The number of amidine groups is 1. The third kappa shape index (κ3) is 5.13. The summed E-state index contributed by atoms with van der Waals surface area (Å²) in [6, 6.07) is 6.04. The molecule has 1 aromatic carbocycles. The molecule has 5 nitrogen and oxygen atoms in total. The number of carbonyl (C=O) groups is 1. The normalized spacial score (nSPS) is 15.8. The Bertz CT molecular complexity index is 898. The van der Waals surface area contributed by atoms with Crippen molar-refractivity contribution in [2.45, 2.75) is 78.7 Å². The van der Waals surface area contributed by atoms with E-state index in [1.807, 2.05) is 33.0 Å². The lowest BCUT2D eigenvalue weighted by molar-refractivity contribution is 0.0601. The van der Waals surface area contributed by atoms with Crippen LogP contribution in [-0.4, -0.2) is 49.0 Å². The summed E-state index contributed by atoms with van der Waals surface area (Å²) < 4.78 is 7.38. The highest BCUT2D eigenvalue weighted by Crippen LogP contribution is 2.39. The molecule has 3 rings (SSSR count). The van der Waals surface area contributed by atoms with Crippen molar-refractivity contribution in [1.29, 1.82) is 0 Å². The Hall–Kier alpha value is -2.30. The minimum absolute atomic E-state index is 0.282. The van der Waals surface area contributed by atoms with Crippen LogP contribution in [0.2, 0.25) is 0 Å². The van der Waals surface area contributed by atoms with Crippen molar-refractivity contribution in [2.24, 2.45) is 4.99 Å². The predicted octanol–water partition coefficient (Wildman–Crippen LogP) is 6.24. The molecular weight excluding hydrogens is 386 g/mol. The second-order valence-electron chi connectivity index (χ2n) is 8.09. The first kappa shape index (κ1) is 25.0. The predicted molar refractivity (Wildman–Crippen MR) is 132 cm³/mol. The van der Waals surface area contributed by atoms with E-state index in [1.165, 1.54) is 49.4 Å². The number of fused-ring (bicyclic) bond motifs is 3. The molecule has 172 valence electrons. The van der Waals surface area contributed by atoms with Crippen LogP contribution in [0, 0.1) is 0 Å². The summed E-state index contributed by atoms with van der Waals surface area (Å²) in [6.07, 6.45) is 7.01. The number of methoxy groups -OCH3 is 1. The van der Waals surface area contributed by atoms with Crippen LogP contribution in [0.5, 0.6) is 0 Å². The molecule has 1 aliphatic heterocycles. The number of aliphatic imine (C=N–C) groups is 1. The molecule has 31 heavy (non-hydrogen) atoms. The zero-order chi connectivity index (χ0) is 23.0. The SMILES string of the molecule is CC.CCCCC(CCC)c1c2n(c3cc(C(=O)OC)ccc13)CCCN(C)C2=NC. The van der Waals surface area contributed by atoms with Crippen LogP contribution >= 0.6 is 0 Å². The fraction of sp³-hybridized carbons (Fsp3) is 0.615. The lowest BCUT2D eigenvalue weighted by atomic mass is 9.87. The minimum atomic E-state index is -0.282. The molecule has 0 amide bonds. The lowest BCUT2D eigenvalue weighted by Gasteiger charge is -2.23. The average molecular weight is 428 g/mol. The maximum Gasteiger partial charge on any atom is 0.337 e. The van der Waals surface area contributed by atoms with Gasteiger partial charge in [0.05, 0.1) is 18.4 Å². The van der Waals surface area contributed by atoms with Crippen LogP contribution in [0.25, 0.3) is 10.9 Å². The number of unbranched alkanes of at least 4 members (excludes halogenated alkanes) is 1. The fourth-order valence-electron chi connectivity index (χ4n) is 4.77. The number of aromatic nitrogens is 1. The van der Waals surface area contributed by atoms with Crippen molar-refractivity contribution in [3.05, 3.63) is 35.0 Å². The van der Waals surface area contributed by atoms with Crippen molar-refractivity contribution in [3.63, 3.8) is 0 Å². The molecule has 0 fully saturated rings. The zero-order valence-corrected chi connectivity index (χ0v) is 20.6. The highest BCUT2D eigenvalue weighted by Gasteiger charge is 2.29. The number of hydrogen-bond acceptors (Lipinski definition) is 3. The van der Waals surface area contributed by atoms with Gasteiger partial charge in [-0.2, -0.15) is 0 Å². The summed E-state index contributed by atoms with van der Waals surface area (Å²) in [5.41, 5.74) is 4.41. The lowest BCUT2D eigenvalue weighted by Crippen LogP contribution is -2.28. The molecule has 0 saturated heterocycles. The van der Waals surface area contributed by atoms with Crippen LogP contribution in [-0.2, 0) is 11.3 Å². The van der Waals surface area contributed by atoms with Gasteiger partial charge < -0.3 is 14.2 Å². The van der Waals surface area contributed by atoms with E-state index in [0.29, 0.717) is 11.5 Å². The Labute approximate surface area is 188 Å². The van der Waals surface area contributed by atoms with E-state index < -0.39 is 0 Å². The van der Waals surface area contributed by atoms with E-state index >= 15 is 0 Å². The molecule has 5 heteroatoms. The summed E-state index contributed by atoms with van der Waals surface area (Å²) in [5, 5.41) is 1.26. The number of esters is 1. The van der Waals surface area contributed by atoms with Crippen LogP contribution < -0.4 is 0 Å². The quantitative estimate of drug-likeness (QED) is 0.491. The van der Waals surface area contributed by atoms with Crippen molar-refractivity contribution in [1.82, 2.24) is 9.47 Å². The second-order valence-corrected chi connectivity index (χ2v) is 8.09. The molecule has 2 aromatic rings. The Balaban J connectivity index is 0.00000166. The molecule has 0 radical (unpaired) electrons. The highest BCUT2D eigenvalue weighted by molar-refractivity contribution is 6.06. The Morgan fingerprint density at radius 2 is 1.90 bits per heavy atom. The number of ether oxygens (including phenoxy) is 1. The van der Waals surface area contributed by atoms with Crippen molar-refractivity contribution >= 4 is 22.7 Å². The van der Waals surface area contributed by atoms with Crippen LogP contribution in [0.1, 0.15) is 93.8 Å². The van der Waals surface area contributed by atoms with Crippen LogP contribution in [0.3, 0.4) is 0 Å². The monoisotopic (exact) mass is 427 g/mol.